The van der Waals surface area contributed by atoms with Crippen LogP contribution in [0.25, 0.3) is 0 Å². The van der Waals surface area contributed by atoms with Crippen LogP contribution in [0.4, 0.5) is 0 Å². The summed E-state index contributed by atoms with van der Waals surface area (Å²) < 4.78 is 9.55. The standard InChI is InChI=1S/C12H28N8O5/c1-9(13)11(21)23-7-3-5-19(15,16)25-20(17,18)6-4-8-24-12(22)10(2)14/h1-8,13-18H2/q+2. The topological polar surface area (TPSA) is 218 Å². The van der Waals surface area contributed by atoms with Crippen molar-refractivity contribution < 1.29 is 33.7 Å². The number of hydrogen-bond acceptors (Lipinski definition) is 11. The Morgan fingerprint density at radius 2 is 1.08 bits per heavy atom. The Morgan fingerprint density at radius 3 is 1.36 bits per heavy atom. The van der Waals surface area contributed by atoms with Gasteiger partial charge >= 0.3 is 11.9 Å². The molecule has 0 aromatic heterocycles. The number of nitrogens with zero attached hydrogens (tertiary/aromatic N) is 2. The summed E-state index contributed by atoms with van der Waals surface area (Å²) in [6, 6.07) is 0. The van der Waals surface area contributed by atoms with E-state index in [-0.39, 0.29) is 50.5 Å². The fraction of sp³-hybridized carbons (Fsp3) is 0.500. The van der Waals surface area contributed by atoms with Gasteiger partial charge in [0.2, 0.25) is 0 Å². The van der Waals surface area contributed by atoms with Crippen LogP contribution in [-0.2, 0) is 24.0 Å². The Balaban J connectivity index is 4.14. The van der Waals surface area contributed by atoms with Gasteiger partial charge in [-0.2, -0.15) is 0 Å². The molecule has 13 nitrogen and oxygen atoms in total. The van der Waals surface area contributed by atoms with Crippen molar-refractivity contribution in [3.05, 3.63) is 24.6 Å². The lowest BCUT2D eigenvalue weighted by Gasteiger charge is -2.29. The van der Waals surface area contributed by atoms with Crippen LogP contribution in [0.3, 0.4) is 0 Å². The summed E-state index contributed by atoms with van der Waals surface area (Å²) in [6.45, 7) is 6.53. The summed E-state index contributed by atoms with van der Waals surface area (Å²) in [7, 11) is 0. The zero-order valence-corrected chi connectivity index (χ0v) is 14.1. The number of rotatable bonds is 12. The molecule has 0 spiro atoms. The Labute approximate surface area is 145 Å². The zero-order chi connectivity index (χ0) is 19.7. The first-order chi connectivity index (χ1) is 11.4. The van der Waals surface area contributed by atoms with Crippen molar-refractivity contribution in [2.75, 3.05) is 26.3 Å². The maximum Gasteiger partial charge on any atom is 0.353 e. The molecule has 144 valence electrons. The molecule has 0 aromatic carbocycles. The molecule has 0 fully saturated rings. The summed E-state index contributed by atoms with van der Waals surface area (Å²) in [4.78, 5) is 25.4. The number of hydroxylamine groups is 2. The second-order valence-corrected chi connectivity index (χ2v) is 5.27. The maximum atomic E-state index is 11.1. The van der Waals surface area contributed by atoms with E-state index in [9.17, 15) is 9.59 Å². The van der Waals surface area contributed by atoms with Gasteiger partial charge in [-0.3, -0.25) is 0 Å². The fourth-order valence-corrected chi connectivity index (χ4v) is 1.50. The summed E-state index contributed by atoms with van der Waals surface area (Å²) in [5.74, 6) is 21.3. The predicted molar refractivity (Wildman–Crippen MR) is 85.9 cm³/mol. The number of carbonyl (C=O) groups excluding carboxylic acids is 2. The minimum absolute atomic E-state index is 0.000876. The van der Waals surface area contributed by atoms with Gasteiger partial charge in [0.05, 0.1) is 18.2 Å². The largest absolute Gasteiger partial charge is 0.461 e. The highest BCUT2D eigenvalue weighted by Gasteiger charge is 2.35. The van der Waals surface area contributed by atoms with E-state index in [4.69, 9.17) is 49.3 Å². The molecule has 0 aromatic rings. The van der Waals surface area contributed by atoms with E-state index in [1.54, 1.807) is 0 Å². The summed E-state index contributed by atoms with van der Waals surface area (Å²) in [6.07, 6.45) is 0.504. The molecule has 0 amide bonds. The van der Waals surface area contributed by atoms with Crippen LogP contribution in [0.15, 0.2) is 24.6 Å². The molecule has 0 heterocycles. The molecule has 0 atom stereocenters. The molecule has 0 aliphatic rings. The average Bonchev–Trinajstić information content (AvgIpc) is 2.46. The minimum atomic E-state index is -0.979. The second kappa shape index (κ2) is 9.90. The molecular weight excluding hydrogens is 336 g/mol. The number of esters is 2. The zero-order valence-electron chi connectivity index (χ0n) is 14.1. The maximum absolute atomic E-state index is 11.1. The molecule has 13 heteroatoms. The number of carbonyl (C=O) groups is 2. The average molecular weight is 364 g/mol. The van der Waals surface area contributed by atoms with E-state index >= 15 is 0 Å². The monoisotopic (exact) mass is 364 g/mol. The first kappa shape index (κ1) is 22.7. The molecule has 12 N–H and O–H groups in total. The summed E-state index contributed by atoms with van der Waals surface area (Å²) in [5.41, 5.74) is 9.89. The van der Waals surface area contributed by atoms with Crippen LogP contribution >= 0.6 is 0 Å². The Morgan fingerprint density at radius 1 is 0.760 bits per heavy atom. The lowest BCUT2D eigenvalue weighted by Crippen LogP contribution is -2.73. The van der Waals surface area contributed by atoms with E-state index in [1.807, 2.05) is 0 Å². The van der Waals surface area contributed by atoms with Gasteiger partial charge in [0.1, 0.15) is 11.4 Å². The van der Waals surface area contributed by atoms with Crippen molar-refractivity contribution >= 4 is 11.9 Å². The molecule has 25 heavy (non-hydrogen) atoms. The van der Waals surface area contributed by atoms with Crippen molar-refractivity contribution in [2.24, 2.45) is 34.8 Å². The SMILES string of the molecule is C=C(N)C(=O)OCCC[N+](N)(N)O[N+](N)(N)CCCOC(=O)C(=C)N. The normalized spacial score (nSPS) is 11.7. The summed E-state index contributed by atoms with van der Waals surface area (Å²) >= 11 is 0. The van der Waals surface area contributed by atoms with Gasteiger partial charge in [0.25, 0.3) is 0 Å². The molecule has 0 saturated carbocycles. The Bertz CT molecular complexity index is 464. The van der Waals surface area contributed by atoms with Crippen LogP contribution in [-0.4, -0.2) is 48.0 Å². The third-order valence-corrected chi connectivity index (χ3v) is 2.60. The highest BCUT2D eigenvalue weighted by molar-refractivity contribution is 5.86. The molecule has 0 rings (SSSR count). The second-order valence-electron chi connectivity index (χ2n) is 5.27. The molecule has 0 radical (unpaired) electrons. The molecule has 0 aliphatic carbocycles. The Kier molecular flexibility index (Phi) is 9.00. The first-order valence-corrected chi connectivity index (χ1v) is 7.21. The fourth-order valence-electron chi connectivity index (χ4n) is 1.50. The molecule has 0 aliphatic heterocycles. The predicted octanol–water partition coefficient (Wildman–Crippen LogP) is -3.23. The van der Waals surface area contributed by atoms with Crippen LogP contribution in [0.1, 0.15) is 12.8 Å². The lowest BCUT2D eigenvalue weighted by molar-refractivity contribution is -1.37. The number of ether oxygens (including phenoxy) is 2. The quantitative estimate of drug-likeness (QED) is 0.0505. The van der Waals surface area contributed by atoms with Crippen molar-refractivity contribution in [3.8, 4) is 0 Å². The van der Waals surface area contributed by atoms with Gasteiger partial charge in [0.15, 0.2) is 13.1 Å². The van der Waals surface area contributed by atoms with Crippen LogP contribution in [0, 0.1) is 0 Å². The number of quaternary nitrogens is 2. The smallest absolute Gasteiger partial charge is 0.353 e. The highest BCUT2D eigenvalue weighted by atomic mass is 17.0. The molecule has 0 saturated heterocycles. The number of hydrogen-bond donors (Lipinski definition) is 6. The Hall–Kier alpha value is -2.26. The molecular formula is C12H28N8O5+2. The summed E-state index contributed by atoms with van der Waals surface area (Å²) in [5, 5.41) is 0. The van der Waals surface area contributed by atoms with E-state index in [1.165, 1.54) is 0 Å². The van der Waals surface area contributed by atoms with Crippen molar-refractivity contribution in [3.63, 3.8) is 0 Å². The van der Waals surface area contributed by atoms with E-state index in [0.29, 0.717) is 0 Å². The van der Waals surface area contributed by atoms with E-state index in [0.717, 1.165) is 0 Å². The van der Waals surface area contributed by atoms with Gasteiger partial charge in [-0.15, -0.1) is 23.4 Å². The molecule has 0 unspecified atom stereocenters. The third-order valence-electron chi connectivity index (χ3n) is 2.60. The van der Waals surface area contributed by atoms with Gasteiger partial charge in [-0.1, -0.05) is 13.2 Å². The van der Waals surface area contributed by atoms with Gasteiger partial charge < -0.3 is 20.9 Å². The third kappa shape index (κ3) is 11.0. The first-order valence-electron chi connectivity index (χ1n) is 7.21. The van der Waals surface area contributed by atoms with Gasteiger partial charge in [0, 0.05) is 22.6 Å². The van der Waals surface area contributed by atoms with E-state index < -0.39 is 21.7 Å². The van der Waals surface area contributed by atoms with Gasteiger partial charge in [-0.05, 0) is 0 Å². The van der Waals surface area contributed by atoms with Crippen LogP contribution < -0.4 is 34.8 Å². The van der Waals surface area contributed by atoms with Crippen molar-refractivity contribution in [1.82, 2.24) is 0 Å². The van der Waals surface area contributed by atoms with Crippen LogP contribution in [0.5, 0.6) is 0 Å². The van der Waals surface area contributed by atoms with Crippen molar-refractivity contribution in [2.45, 2.75) is 12.8 Å². The lowest BCUT2D eigenvalue weighted by atomic mass is 10.4. The van der Waals surface area contributed by atoms with Crippen molar-refractivity contribution in [1.29, 1.82) is 0 Å². The minimum Gasteiger partial charge on any atom is -0.461 e. The van der Waals surface area contributed by atoms with Crippen LogP contribution in [0.2, 0.25) is 0 Å². The van der Waals surface area contributed by atoms with E-state index in [2.05, 4.69) is 13.2 Å². The highest BCUT2D eigenvalue weighted by Crippen LogP contribution is 2.03. The van der Waals surface area contributed by atoms with Gasteiger partial charge in [-0.25, -0.2) is 9.59 Å². The number of nitrogens with two attached hydrogens (primary N) is 6. The molecule has 0 bridgehead atoms.